The van der Waals surface area contributed by atoms with E-state index in [2.05, 4.69) is 18.2 Å². The van der Waals surface area contributed by atoms with Gasteiger partial charge in [0.05, 0.1) is 12.9 Å². The van der Waals surface area contributed by atoms with Gasteiger partial charge < -0.3 is 29.6 Å². The van der Waals surface area contributed by atoms with E-state index in [-0.39, 0.29) is 51.0 Å². The zero-order chi connectivity index (χ0) is 7.68. The number of hydrogen-bond acceptors (Lipinski definition) is 1. The molecule has 0 saturated heterocycles. The first kappa shape index (κ1) is 16.5. The van der Waals surface area contributed by atoms with Gasteiger partial charge in [-0.25, -0.2) is 0 Å². The molecule has 0 amide bonds. The molecular weight excluding hydrogens is 298 g/mol. The average molecular weight is 307 g/mol. The fourth-order valence-corrected chi connectivity index (χ4v) is 1.31. The van der Waals surface area contributed by atoms with Crippen molar-refractivity contribution in [1.82, 2.24) is 0 Å². The minimum atomic E-state index is 0. The smallest absolute Gasteiger partial charge is 1.00 e. The van der Waals surface area contributed by atoms with Gasteiger partial charge in [-0.3, -0.25) is 0 Å². The normalized spacial score (nSPS) is 8.07. The van der Waals surface area contributed by atoms with Crippen LogP contribution in [0.3, 0.4) is 0 Å². The number of methoxy groups -OCH3 is 1. The van der Waals surface area contributed by atoms with Crippen LogP contribution in [0.25, 0.3) is 10.8 Å². The van der Waals surface area contributed by atoms with E-state index >= 15 is 0 Å². The maximum atomic E-state index is 5.19. The summed E-state index contributed by atoms with van der Waals surface area (Å²) in [5, 5.41) is 2.43. The van der Waals surface area contributed by atoms with Crippen LogP contribution in [0, 0.1) is 0 Å². The van der Waals surface area contributed by atoms with E-state index in [0.29, 0.717) is 0 Å². The molecule has 2 aromatic rings. The monoisotopic (exact) mass is 305 g/mol. The Hall–Kier alpha value is 0.0931. The van der Waals surface area contributed by atoms with Gasteiger partial charge in [0.2, 0.25) is 0 Å². The van der Waals surface area contributed by atoms with Crippen LogP contribution in [0.2, 0.25) is 0 Å². The number of fused-ring (bicyclic) bond motifs is 1. The van der Waals surface area contributed by atoms with Crippen LogP contribution in [0.15, 0.2) is 36.4 Å². The second-order valence-corrected chi connectivity index (χ2v) is 2.49. The summed E-state index contributed by atoms with van der Waals surface area (Å²) in [5.74, 6) is 0.951. The van der Waals surface area contributed by atoms with Crippen molar-refractivity contribution in [3.8, 4) is 5.75 Å². The summed E-state index contributed by atoms with van der Waals surface area (Å²) in [6.07, 6.45) is 0. The Morgan fingerprint density at radius 3 is 2.50 bits per heavy atom. The minimum absolute atomic E-state index is 0. The van der Waals surface area contributed by atoms with Crippen molar-refractivity contribution in [1.29, 1.82) is 0 Å². The molecule has 0 atom stereocenters. The second kappa shape index (κ2) is 7.39. The summed E-state index contributed by atoms with van der Waals surface area (Å²) in [6, 6.07) is 12.2. The Balaban J connectivity index is 0. The minimum Gasteiger partial charge on any atom is -1.00 e. The van der Waals surface area contributed by atoms with Gasteiger partial charge >= 0.3 is 26.2 Å². The van der Waals surface area contributed by atoms with Crippen LogP contribution in [-0.4, -0.2) is 7.11 Å². The molecule has 1 radical (unpaired) electrons. The van der Waals surface area contributed by atoms with Gasteiger partial charge in [-0.2, -0.15) is 12.1 Å². The third-order valence-electron chi connectivity index (χ3n) is 1.86. The van der Waals surface area contributed by atoms with Crippen LogP contribution in [0.4, 0.5) is 0 Å². The summed E-state index contributed by atoms with van der Waals surface area (Å²) in [7, 11) is 1.70. The molecule has 0 unspecified atom stereocenters. The van der Waals surface area contributed by atoms with Crippen molar-refractivity contribution < 1.29 is 55.8 Å². The first-order valence-electron chi connectivity index (χ1n) is 3.60. The molecule has 2 aromatic carbocycles. The van der Waals surface area contributed by atoms with Gasteiger partial charge in [0.15, 0.2) is 0 Å². The molecular formula is C10H9Cl2OZr. The number of halogens is 2. The van der Waals surface area contributed by atoms with Gasteiger partial charge in [0, 0.05) is 0 Å². The molecule has 0 heterocycles. The molecule has 0 fully saturated rings. The first-order valence-corrected chi connectivity index (χ1v) is 3.60. The molecule has 0 aromatic heterocycles. The third-order valence-corrected chi connectivity index (χ3v) is 1.86. The molecule has 0 bridgehead atoms. The topological polar surface area (TPSA) is 9.23 Å². The van der Waals surface area contributed by atoms with Crippen LogP contribution in [0.5, 0.6) is 5.75 Å². The Kier molecular flexibility index (Phi) is 8.72. The molecule has 0 aliphatic heterocycles. The second-order valence-electron chi connectivity index (χ2n) is 2.49. The van der Waals surface area contributed by atoms with E-state index < -0.39 is 0 Å². The van der Waals surface area contributed by atoms with Crippen LogP contribution < -0.4 is 29.6 Å². The molecule has 2 rings (SSSR count). The molecule has 0 N–H and O–H groups in total. The van der Waals surface area contributed by atoms with E-state index in [9.17, 15) is 0 Å². The maximum absolute atomic E-state index is 5.19. The number of rotatable bonds is 1. The van der Waals surface area contributed by atoms with Crippen molar-refractivity contribution >= 4 is 10.8 Å². The predicted octanol–water partition coefficient (Wildman–Crippen LogP) is -3.43. The van der Waals surface area contributed by atoms with Gasteiger partial charge in [0.25, 0.3) is 0 Å². The Morgan fingerprint density at radius 1 is 1.14 bits per heavy atom. The first-order chi connectivity index (χ1) is 5.42. The molecule has 0 saturated carbocycles. The fraction of sp³-hybridized carbons (Fsp3) is 0.100. The van der Waals surface area contributed by atoms with Crippen molar-refractivity contribution in [2.45, 2.75) is 0 Å². The maximum Gasteiger partial charge on any atom is 3.00 e. The quantitative estimate of drug-likeness (QED) is 0.499. The zero-order valence-electron chi connectivity index (χ0n) is 7.63. The van der Waals surface area contributed by atoms with Crippen molar-refractivity contribution in [2.75, 3.05) is 7.11 Å². The third kappa shape index (κ3) is 3.05. The number of hydrogen-bond donors (Lipinski definition) is 0. The predicted molar refractivity (Wildman–Crippen MR) is 46.1 cm³/mol. The van der Waals surface area contributed by atoms with Gasteiger partial charge in [-0.1, -0.05) is 5.39 Å². The fourth-order valence-electron chi connectivity index (χ4n) is 1.31. The summed E-state index contributed by atoms with van der Waals surface area (Å²) in [5.41, 5.74) is 0. The molecule has 1 nitrogen and oxygen atoms in total. The van der Waals surface area contributed by atoms with E-state index in [1.165, 1.54) is 10.8 Å². The van der Waals surface area contributed by atoms with Crippen molar-refractivity contribution in [3.63, 3.8) is 0 Å². The van der Waals surface area contributed by atoms with Gasteiger partial charge in [-0.15, -0.1) is 23.6 Å². The Morgan fingerprint density at radius 2 is 1.86 bits per heavy atom. The Labute approximate surface area is 115 Å². The zero-order valence-corrected chi connectivity index (χ0v) is 11.6. The molecule has 4 heteroatoms. The van der Waals surface area contributed by atoms with E-state index in [1.807, 2.05) is 18.2 Å². The summed E-state index contributed by atoms with van der Waals surface area (Å²) in [6.45, 7) is 0. The van der Waals surface area contributed by atoms with Crippen LogP contribution in [0.1, 0.15) is 0 Å². The molecule has 0 aliphatic rings. The molecule has 0 aliphatic carbocycles. The van der Waals surface area contributed by atoms with Gasteiger partial charge in [0.1, 0.15) is 0 Å². The van der Waals surface area contributed by atoms with E-state index in [1.54, 1.807) is 7.11 Å². The standard InChI is InChI=1S/C10H9O.2ClH.Zr/c1-11-10-7-3-5-8-4-2-6-9(8)10;;;/h2-7H,1H3;2*1H;/q-1;;;+3/p-2. The summed E-state index contributed by atoms with van der Waals surface area (Å²) < 4.78 is 5.19. The van der Waals surface area contributed by atoms with Gasteiger partial charge in [-0.05, 0) is 6.07 Å². The van der Waals surface area contributed by atoms with Crippen LogP contribution in [-0.2, 0) is 26.2 Å². The molecule has 14 heavy (non-hydrogen) atoms. The Bertz CT molecular complexity index is 373. The SMILES string of the molecule is COc1cccc2[cH-]ccc12.[Cl-].[Cl-].[Zr+3]. The largest absolute Gasteiger partial charge is 3.00 e. The van der Waals surface area contributed by atoms with Crippen molar-refractivity contribution in [3.05, 3.63) is 36.4 Å². The average Bonchev–Trinajstić information content (AvgIpc) is 2.50. The molecule has 73 valence electrons. The number of ether oxygens (including phenoxy) is 1. The van der Waals surface area contributed by atoms with Crippen LogP contribution >= 0.6 is 0 Å². The molecule has 0 spiro atoms. The van der Waals surface area contributed by atoms with E-state index in [0.717, 1.165) is 5.75 Å². The van der Waals surface area contributed by atoms with Crippen molar-refractivity contribution in [2.24, 2.45) is 0 Å². The summed E-state index contributed by atoms with van der Waals surface area (Å²) >= 11 is 0. The summed E-state index contributed by atoms with van der Waals surface area (Å²) in [4.78, 5) is 0. The number of benzene rings is 1. The van der Waals surface area contributed by atoms with E-state index in [4.69, 9.17) is 4.74 Å².